The van der Waals surface area contributed by atoms with E-state index in [1.54, 1.807) is 6.92 Å². The molecule has 12 heavy (non-hydrogen) atoms. The second kappa shape index (κ2) is 5.30. The highest BCUT2D eigenvalue weighted by Crippen LogP contribution is 2.02. The topological polar surface area (TPSA) is 54.4 Å². The van der Waals surface area contributed by atoms with Gasteiger partial charge in [0.05, 0.1) is 5.92 Å². The second-order valence-electron chi connectivity index (χ2n) is 3.41. The van der Waals surface area contributed by atoms with Gasteiger partial charge >= 0.3 is 5.97 Å². The molecule has 0 bridgehead atoms. The van der Waals surface area contributed by atoms with Gasteiger partial charge in [-0.05, 0) is 5.92 Å². The summed E-state index contributed by atoms with van der Waals surface area (Å²) in [4.78, 5) is 10.4. The van der Waals surface area contributed by atoms with Crippen molar-refractivity contribution in [2.45, 2.75) is 20.8 Å². The van der Waals surface area contributed by atoms with E-state index in [0.29, 0.717) is 11.7 Å². The van der Waals surface area contributed by atoms with Gasteiger partial charge in [-0.15, -0.1) is 0 Å². The van der Waals surface area contributed by atoms with Crippen LogP contribution in [0.2, 0.25) is 0 Å². The van der Waals surface area contributed by atoms with Crippen molar-refractivity contribution in [2.75, 3.05) is 11.5 Å². The molecule has 0 heterocycles. The van der Waals surface area contributed by atoms with Gasteiger partial charge in [-0.1, -0.05) is 20.8 Å². The molecule has 72 valence electrons. The lowest BCUT2D eigenvalue weighted by Crippen LogP contribution is -2.20. The SMILES string of the molecule is CC(C)CS(=O)CC(C)C(=O)O. The van der Waals surface area contributed by atoms with Crippen LogP contribution < -0.4 is 0 Å². The predicted octanol–water partition coefficient (Wildman–Crippen LogP) is 1.11. The molecule has 0 fully saturated rings. The highest BCUT2D eigenvalue weighted by molar-refractivity contribution is 7.85. The highest BCUT2D eigenvalue weighted by atomic mass is 32.2. The summed E-state index contributed by atoms with van der Waals surface area (Å²) in [5.41, 5.74) is 0. The van der Waals surface area contributed by atoms with Crippen molar-refractivity contribution in [3.05, 3.63) is 0 Å². The first kappa shape index (κ1) is 11.6. The van der Waals surface area contributed by atoms with Crippen LogP contribution in [0.25, 0.3) is 0 Å². The summed E-state index contributed by atoms with van der Waals surface area (Å²) in [5, 5.41) is 8.53. The minimum atomic E-state index is -0.982. The second-order valence-corrected chi connectivity index (χ2v) is 4.95. The molecular formula is C8H16O3S. The average Bonchev–Trinajstić information content (AvgIpc) is 1.84. The molecule has 0 saturated heterocycles. The van der Waals surface area contributed by atoms with Gasteiger partial charge in [0, 0.05) is 22.3 Å². The van der Waals surface area contributed by atoms with Crippen LogP contribution in [-0.2, 0) is 15.6 Å². The van der Waals surface area contributed by atoms with Crippen LogP contribution >= 0.6 is 0 Å². The number of aliphatic carboxylic acids is 1. The third kappa shape index (κ3) is 5.29. The molecule has 0 aromatic heterocycles. The van der Waals surface area contributed by atoms with Crippen LogP contribution in [0.1, 0.15) is 20.8 Å². The van der Waals surface area contributed by atoms with E-state index in [4.69, 9.17) is 5.11 Å². The van der Waals surface area contributed by atoms with Crippen molar-refractivity contribution in [2.24, 2.45) is 11.8 Å². The Kier molecular flexibility index (Phi) is 5.13. The maximum Gasteiger partial charge on any atom is 0.307 e. The minimum Gasteiger partial charge on any atom is -0.481 e. The first-order valence-corrected chi connectivity index (χ1v) is 5.50. The van der Waals surface area contributed by atoms with Gasteiger partial charge in [-0.3, -0.25) is 9.00 Å². The number of rotatable bonds is 5. The monoisotopic (exact) mass is 192 g/mol. The summed E-state index contributed by atoms with van der Waals surface area (Å²) >= 11 is 0. The number of carbonyl (C=O) groups is 1. The van der Waals surface area contributed by atoms with Crippen molar-refractivity contribution < 1.29 is 14.1 Å². The van der Waals surface area contributed by atoms with Crippen LogP contribution in [0.3, 0.4) is 0 Å². The number of hydrogen-bond acceptors (Lipinski definition) is 2. The zero-order valence-electron chi connectivity index (χ0n) is 7.74. The molecule has 0 aromatic rings. The van der Waals surface area contributed by atoms with Gasteiger partial charge in [-0.25, -0.2) is 0 Å². The molecule has 0 rings (SSSR count). The van der Waals surface area contributed by atoms with E-state index in [-0.39, 0.29) is 5.75 Å². The van der Waals surface area contributed by atoms with E-state index in [9.17, 15) is 9.00 Å². The maximum absolute atomic E-state index is 11.2. The Bertz CT molecular complexity index is 177. The van der Waals surface area contributed by atoms with Gasteiger partial charge in [0.2, 0.25) is 0 Å². The molecule has 1 N–H and O–H groups in total. The molecule has 0 amide bonds. The molecule has 0 spiro atoms. The molecule has 2 atom stereocenters. The molecule has 4 heteroatoms. The average molecular weight is 192 g/mol. The fourth-order valence-electron chi connectivity index (χ4n) is 0.790. The molecule has 0 aliphatic rings. The normalized spacial score (nSPS) is 16.0. The number of hydrogen-bond donors (Lipinski definition) is 1. The van der Waals surface area contributed by atoms with Gasteiger partial charge < -0.3 is 5.11 Å². The van der Waals surface area contributed by atoms with E-state index in [1.165, 1.54) is 0 Å². The Morgan fingerprint density at radius 3 is 2.17 bits per heavy atom. The standard InChI is InChI=1S/C8H16O3S/c1-6(2)4-12(11)5-7(3)8(9)10/h6-7H,4-5H2,1-3H3,(H,9,10). The molecule has 0 aliphatic carbocycles. The van der Waals surface area contributed by atoms with Crippen LogP contribution in [-0.4, -0.2) is 26.8 Å². The summed E-state index contributed by atoms with van der Waals surface area (Å²) < 4.78 is 11.2. The minimum absolute atomic E-state index is 0.271. The molecular weight excluding hydrogens is 176 g/mol. The lowest BCUT2D eigenvalue weighted by Gasteiger charge is -2.07. The summed E-state index contributed by atoms with van der Waals surface area (Å²) in [5.74, 6) is -0.131. The van der Waals surface area contributed by atoms with Gasteiger partial charge in [0.25, 0.3) is 0 Å². The number of carboxylic acid groups (broad SMARTS) is 1. The Morgan fingerprint density at radius 1 is 1.33 bits per heavy atom. The molecule has 0 aliphatic heterocycles. The Hall–Kier alpha value is -0.380. The lowest BCUT2D eigenvalue weighted by atomic mass is 10.2. The summed E-state index contributed by atoms with van der Waals surface area (Å²) in [7, 11) is -0.982. The molecule has 0 radical (unpaired) electrons. The molecule has 0 aromatic carbocycles. The van der Waals surface area contributed by atoms with Crippen LogP contribution in [0, 0.1) is 11.8 Å². The molecule has 0 saturated carbocycles. The zero-order chi connectivity index (χ0) is 9.72. The van der Waals surface area contributed by atoms with Crippen molar-refractivity contribution in [3.63, 3.8) is 0 Å². The molecule has 3 nitrogen and oxygen atoms in total. The first-order chi connectivity index (χ1) is 5.43. The fourth-order valence-corrected chi connectivity index (χ4v) is 2.37. The van der Waals surface area contributed by atoms with Crippen LogP contribution in [0.15, 0.2) is 0 Å². The Balaban J connectivity index is 3.77. The highest BCUT2D eigenvalue weighted by Gasteiger charge is 2.14. The largest absolute Gasteiger partial charge is 0.481 e. The van der Waals surface area contributed by atoms with Gasteiger partial charge in [-0.2, -0.15) is 0 Å². The summed E-state index contributed by atoms with van der Waals surface area (Å²) in [6.07, 6.45) is 0. The zero-order valence-corrected chi connectivity index (χ0v) is 8.56. The first-order valence-electron chi connectivity index (χ1n) is 4.01. The van der Waals surface area contributed by atoms with E-state index in [2.05, 4.69) is 0 Å². The van der Waals surface area contributed by atoms with Crippen molar-refractivity contribution in [3.8, 4) is 0 Å². The predicted molar refractivity (Wildman–Crippen MR) is 49.5 cm³/mol. The van der Waals surface area contributed by atoms with E-state index >= 15 is 0 Å². The third-order valence-corrected chi connectivity index (χ3v) is 3.29. The smallest absolute Gasteiger partial charge is 0.307 e. The van der Waals surface area contributed by atoms with Gasteiger partial charge in [0.15, 0.2) is 0 Å². The third-order valence-electron chi connectivity index (χ3n) is 1.38. The van der Waals surface area contributed by atoms with E-state index < -0.39 is 22.7 Å². The lowest BCUT2D eigenvalue weighted by molar-refractivity contribution is -0.140. The van der Waals surface area contributed by atoms with Crippen molar-refractivity contribution >= 4 is 16.8 Å². The fraction of sp³-hybridized carbons (Fsp3) is 0.875. The summed E-state index contributed by atoms with van der Waals surface area (Å²) in [6, 6.07) is 0. The van der Waals surface area contributed by atoms with Crippen LogP contribution in [0.5, 0.6) is 0 Å². The maximum atomic E-state index is 11.2. The van der Waals surface area contributed by atoms with Crippen molar-refractivity contribution in [1.82, 2.24) is 0 Å². The van der Waals surface area contributed by atoms with E-state index in [1.807, 2.05) is 13.8 Å². The Labute approximate surface area is 75.6 Å². The quantitative estimate of drug-likeness (QED) is 0.710. The van der Waals surface area contributed by atoms with Crippen molar-refractivity contribution in [1.29, 1.82) is 0 Å². The summed E-state index contributed by atoms with van der Waals surface area (Å²) in [6.45, 7) is 5.53. The van der Waals surface area contributed by atoms with Gasteiger partial charge in [0.1, 0.15) is 0 Å². The van der Waals surface area contributed by atoms with Crippen LogP contribution in [0.4, 0.5) is 0 Å². The Morgan fingerprint density at radius 2 is 1.83 bits per heavy atom. The molecule has 2 unspecified atom stereocenters. The van der Waals surface area contributed by atoms with E-state index in [0.717, 1.165) is 0 Å². The number of carboxylic acids is 1.